The second kappa shape index (κ2) is 7.63. The van der Waals surface area contributed by atoms with Crippen LogP contribution in [0.1, 0.15) is 21.7 Å². The molecule has 4 aromatic rings. The molecule has 0 fully saturated rings. The summed E-state index contributed by atoms with van der Waals surface area (Å²) in [5.41, 5.74) is 3.24. The third-order valence-electron chi connectivity index (χ3n) is 5.54. The summed E-state index contributed by atoms with van der Waals surface area (Å²) in [4.78, 5) is 27.3. The molecule has 8 heteroatoms. The number of carbonyl (C=O) groups is 1. The molecule has 0 saturated heterocycles. The lowest BCUT2D eigenvalue weighted by molar-refractivity contribution is 0.101. The van der Waals surface area contributed by atoms with Gasteiger partial charge in [-0.15, -0.1) is 11.8 Å². The number of anilines is 1. The lowest BCUT2D eigenvalue weighted by atomic mass is 10.0. The molecule has 1 aliphatic rings. The van der Waals surface area contributed by atoms with E-state index in [1.807, 2.05) is 54.6 Å². The lowest BCUT2D eigenvalue weighted by Gasteiger charge is -2.07. The predicted molar refractivity (Wildman–Crippen MR) is 120 cm³/mol. The highest BCUT2D eigenvalue weighted by Crippen LogP contribution is 2.38. The Morgan fingerprint density at radius 2 is 1.87 bits per heavy atom. The van der Waals surface area contributed by atoms with Crippen molar-refractivity contribution in [2.75, 3.05) is 11.1 Å². The highest BCUT2D eigenvalue weighted by Gasteiger charge is 2.28. The van der Waals surface area contributed by atoms with E-state index in [0.717, 1.165) is 27.5 Å². The highest BCUT2D eigenvalue weighted by molar-refractivity contribution is 7.99. The van der Waals surface area contributed by atoms with E-state index < -0.39 is 5.91 Å². The van der Waals surface area contributed by atoms with Gasteiger partial charge in [0, 0.05) is 28.8 Å². The largest absolute Gasteiger partial charge is 0.355 e. The maximum atomic E-state index is 13.1. The number of nitrogens with one attached hydrogen (secondary N) is 1. The number of benzene rings is 2. The molecule has 3 heterocycles. The number of amides is 1. The Balaban J connectivity index is 1.52. The zero-order chi connectivity index (χ0) is 21.5. The molecule has 0 spiro atoms. The minimum atomic E-state index is -0.444. The Hall–Kier alpha value is -3.52. The van der Waals surface area contributed by atoms with Gasteiger partial charge in [0.05, 0.1) is 11.4 Å². The first-order chi connectivity index (χ1) is 15.1. The minimum Gasteiger partial charge on any atom is -0.355 e. The Bertz CT molecular complexity index is 1350. The molecular weight excluding hydrogens is 412 g/mol. The van der Waals surface area contributed by atoms with Crippen molar-refractivity contribution in [3.63, 3.8) is 0 Å². The summed E-state index contributed by atoms with van der Waals surface area (Å²) in [6.07, 6.45) is 0.656. The van der Waals surface area contributed by atoms with Gasteiger partial charge in [-0.05, 0) is 37.6 Å². The first-order valence-electron chi connectivity index (χ1n) is 9.92. The number of nitrogens with zero attached hydrogens (tertiary/aromatic N) is 3. The van der Waals surface area contributed by atoms with Gasteiger partial charge in [-0.1, -0.05) is 35.5 Å². The van der Waals surface area contributed by atoms with Crippen molar-refractivity contribution in [1.29, 1.82) is 0 Å². The number of aromatic nitrogens is 3. The van der Waals surface area contributed by atoms with Crippen LogP contribution < -0.4 is 10.9 Å². The smallest absolute Gasteiger partial charge is 0.295 e. The molecule has 156 valence electrons. The molecule has 0 bridgehead atoms. The van der Waals surface area contributed by atoms with Crippen LogP contribution in [0.2, 0.25) is 0 Å². The van der Waals surface area contributed by atoms with Gasteiger partial charge in [-0.2, -0.15) is 0 Å². The van der Waals surface area contributed by atoms with Crippen molar-refractivity contribution in [3.8, 4) is 17.0 Å². The first kappa shape index (κ1) is 19.4. The van der Waals surface area contributed by atoms with Gasteiger partial charge in [0.1, 0.15) is 5.69 Å². The normalized spacial score (nSPS) is 12.7. The van der Waals surface area contributed by atoms with E-state index >= 15 is 0 Å². The summed E-state index contributed by atoms with van der Waals surface area (Å²) in [5, 5.41) is 6.85. The van der Waals surface area contributed by atoms with Gasteiger partial charge in [-0.3, -0.25) is 14.3 Å². The average Bonchev–Trinajstić information content (AvgIpc) is 3.22. The van der Waals surface area contributed by atoms with Crippen LogP contribution in [0.4, 0.5) is 5.69 Å². The molecule has 1 aliphatic heterocycles. The van der Waals surface area contributed by atoms with E-state index in [1.165, 1.54) is 4.68 Å². The summed E-state index contributed by atoms with van der Waals surface area (Å²) in [6.45, 7) is 1.80. The van der Waals surface area contributed by atoms with Gasteiger partial charge in [0.25, 0.3) is 11.5 Å². The van der Waals surface area contributed by atoms with Crippen LogP contribution in [0.15, 0.2) is 68.8 Å². The number of rotatable bonds is 3. The SMILES string of the molecule is Cc1c(NC(=O)c2noc3c2CCSc2ccccc2-3)c(=O)n(-c2ccccc2)n1C. The van der Waals surface area contributed by atoms with E-state index in [0.29, 0.717) is 17.9 Å². The molecule has 7 nitrogen and oxygen atoms in total. The van der Waals surface area contributed by atoms with E-state index in [9.17, 15) is 9.59 Å². The Kier molecular flexibility index (Phi) is 4.78. The molecule has 2 aromatic heterocycles. The van der Waals surface area contributed by atoms with Gasteiger partial charge < -0.3 is 9.84 Å². The second-order valence-corrected chi connectivity index (χ2v) is 8.46. The summed E-state index contributed by atoms with van der Waals surface area (Å²) < 4.78 is 8.85. The van der Waals surface area contributed by atoms with Crippen LogP contribution in [0.5, 0.6) is 0 Å². The molecule has 2 aromatic carbocycles. The molecule has 0 radical (unpaired) electrons. The molecular formula is C23H20N4O3S. The summed E-state index contributed by atoms with van der Waals surface area (Å²) >= 11 is 1.73. The number of fused-ring (bicyclic) bond motifs is 3. The molecule has 0 atom stereocenters. The Morgan fingerprint density at radius 3 is 2.68 bits per heavy atom. The standard InChI is InChI=1S/C23H20N4O3S/c1-14-19(23(29)27(26(14)2)15-8-4-3-5-9-15)24-22(28)20-17-12-13-31-18-11-7-6-10-16(18)21(17)30-25-20/h3-11H,12-13H2,1-2H3,(H,24,28). The fraction of sp³-hybridized carbons (Fsp3) is 0.174. The van der Waals surface area contributed by atoms with Crippen molar-refractivity contribution in [3.05, 3.63) is 81.9 Å². The predicted octanol–water partition coefficient (Wildman–Crippen LogP) is 4.04. The monoisotopic (exact) mass is 432 g/mol. The van der Waals surface area contributed by atoms with Crippen molar-refractivity contribution < 1.29 is 9.32 Å². The zero-order valence-corrected chi connectivity index (χ0v) is 17.9. The van der Waals surface area contributed by atoms with E-state index in [4.69, 9.17) is 4.52 Å². The summed E-state index contributed by atoms with van der Waals surface area (Å²) in [5.74, 6) is 0.995. The third kappa shape index (κ3) is 3.19. The van der Waals surface area contributed by atoms with Gasteiger partial charge >= 0.3 is 0 Å². The molecule has 1 N–H and O–H groups in total. The van der Waals surface area contributed by atoms with E-state index in [2.05, 4.69) is 10.5 Å². The maximum Gasteiger partial charge on any atom is 0.295 e. The molecule has 0 unspecified atom stereocenters. The van der Waals surface area contributed by atoms with E-state index in [-0.39, 0.29) is 16.9 Å². The number of thioether (sulfide) groups is 1. The van der Waals surface area contributed by atoms with Crippen LogP contribution in [-0.4, -0.2) is 26.2 Å². The molecule has 1 amide bonds. The number of hydrogen-bond acceptors (Lipinski definition) is 5. The first-order valence-corrected chi connectivity index (χ1v) is 10.9. The molecule has 0 saturated carbocycles. The third-order valence-corrected chi connectivity index (χ3v) is 6.61. The van der Waals surface area contributed by atoms with Gasteiger partial charge in [0.15, 0.2) is 11.5 Å². The van der Waals surface area contributed by atoms with Crippen molar-refractivity contribution in [1.82, 2.24) is 14.5 Å². The van der Waals surface area contributed by atoms with Crippen LogP contribution in [0.25, 0.3) is 17.0 Å². The second-order valence-electron chi connectivity index (χ2n) is 7.32. The maximum absolute atomic E-state index is 13.1. The zero-order valence-electron chi connectivity index (χ0n) is 17.1. The summed E-state index contributed by atoms with van der Waals surface area (Å²) in [6, 6.07) is 17.2. The van der Waals surface area contributed by atoms with Crippen LogP contribution in [0, 0.1) is 6.92 Å². The highest BCUT2D eigenvalue weighted by atomic mass is 32.2. The lowest BCUT2D eigenvalue weighted by Crippen LogP contribution is -2.23. The quantitative estimate of drug-likeness (QED) is 0.528. The van der Waals surface area contributed by atoms with Crippen molar-refractivity contribution in [2.45, 2.75) is 18.2 Å². The van der Waals surface area contributed by atoms with E-state index in [1.54, 1.807) is 30.4 Å². The van der Waals surface area contributed by atoms with Crippen molar-refractivity contribution in [2.24, 2.45) is 7.05 Å². The fourth-order valence-corrected chi connectivity index (χ4v) is 4.88. The molecule has 0 aliphatic carbocycles. The average molecular weight is 433 g/mol. The van der Waals surface area contributed by atoms with Crippen LogP contribution in [0.3, 0.4) is 0 Å². The Morgan fingerprint density at radius 1 is 1.13 bits per heavy atom. The number of para-hydroxylation sites is 1. The van der Waals surface area contributed by atoms with Crippen LogP contribution >= 0.6 is 11.8 Å². The number of carbonyl (C=O) groups excluding carboxylic acids is 1. The fourth-order valence-electron chi connectivity index (χ4n) is 3.86. The molecule has 31 heavy (non-hydrogen) atoms. The van der Waals surface area contributed by atoms with Crippen molar-refractivity contribution >= 4 is 23.4 Å². The van der Waals surface area contributed by atoms with Crippen LogP contribution in [-0.2, 0) is 13.5 Å². The van der Waals surface area contributed by atoms with Gasteiger partial charge in [-0.25, -0.2) is 4.68 Å². The Labute approximate surface area is 182 Å². The topological polar surface area (TPSA) is 82.1 Å². The van der Waals surface area contributed by atoms with Gasteiger partial charge in [0.2, 0.25) is 0 Å². The number of hydrogen-bond donors (Lipinski definition) is 1. The molecule has 5 rings (SSSR count). The minimum absolute atomic E-state index is 0.223. The summed E-state index contributed by atoms with van der Waals surface area (Å²) in [7, 11) is 1.79.